The van der Waals surface area contributed by atoms with Gasteiger partial charge in [-0.2, -0.15) is 0 Å². The highest BCUT2D eigenvalue weighted by atomic mass is 16.5. The van der Waals surface area contributed by atoms with Gasteiger partial charge in [-0.05, 0) is 31.9 Å². The van der Waals surface area contributed by atoms with Crippen LogP contribution < -0.4 is 16.6 Å². The molecule has 0 aliphatic carbocycles. The van der Waals surface area contributed by atoms with Crippen molar-refractivity contribution in [2.45, 2.75) is 20.3 Å². The molecule has 1 aromatic heterocycles. The Kier molecular flexibility index (Phi) is 6.10. The quantitative estimate of drug-likeness (QED) is 0.239. The Morgan fingerprint density at radius 1 is 1.50 bits per heavy atom. The second-order valence-corrected chi connectivity index (χ2v) is 3.93. The summed E-state index contributed by atoms with van der Waals surface area (Å²) in [5, 5.41) is 3.15. The van der Waals surface area contributed by atoms with Crippen LogP contribution >= 0.6 is 0 Å². The van der Waals surface area contributed by atoms with Gasteiger partial charge in [-0.15, -0.1) is 0 Å². The van der Waals surface area contributed by atoms with Crippen LogP contribution in [0.3, 0.4) is 0 Å². The van der Waals surface area contributed by atoms with Crippen LogP contribution in [-0.4, -0.2) is 31.2 Å². The lowest BCUT2D eigenvalue weighted by atomic mass is 10.2. The molecule has 1 aromatic rings. The molecule has 100 valence electrons. The molecule has 6 nitrogen and oxygen atoms in total. The summed E-state index contributed by atoms with van der Waals surface area (Å²) >= 11 is 0. The van der Waals surface area contributed by atoms with E-state index < -0.39 is 0 Å². The van der Waals surface area contributed by atoms with Crippen molar-refractivity contribution in [1.82, 2.24) is 10.4 Å². The van der Waals surface area contributed by atoms with Crippen molar-refractivity contribution in [1.29, 1.82) is 0 Å². The number of rotatable bonds is 5. The number of hydrogen-bond acceptors (Lipinski definition) is 4. The van der Waals surface area contributed by atoms with Gasteiger partial charge in [0.2, 0.25) is 5.96 Å². The average molecular weight is 251 g/mol. The zero-order valence-electron chi connectivity index (χ0n) is 11.2. The summed E-state index contributed by atoms with van der Waals surface area (Å²) in [6, 6.07) is 1.94. The second kappa shape index (κ2) is 7.62. The molecule has 0 radical (unpaired) electrons. The molecule has 0 bridgehead atoms. The second-order valence-electron chi connectivity index (χ2n) is 3.93. The first-order valence-electron chi connectivity index (χ1n) is 5.88. The van der Waals surface area contributed by atoms with Crippen LogP contribution in [0, 0.1) is 13.8 Å². The maximum Gasteiger partial charge on any atom is 0.210 e. The fourth-order valence-electron chi connectivity index (χ4n) is 1.52. The highest BCUT2D eigenvalue weighted by Gasteiger charge is 2.05. The third-order valence-corrected chi connectivity index (χ3v) is 2.51. The molecule has 18 heavy (non-hydrogen) atoms. The lowest BCUT2D eigenvalue weighted by molar-refractivity contribution is 0.197. The molecule has 0 atom stereocenters. The van der Waals surface area contributed by atoms with Gasteiger partial charge in [0.15, 0.2) is 0 Å². The van der Waals surface area contributed by atoms with Crippen LogP contribution in [0.4, 0.5) is 5.69 Å². The normalized spacial score (nSPS) is 11.4. The Hall–Kier alpha value is -1.66. The Balaban J connectivity index is 2.67. The van der Waals surface area contributed by atoms with E-state index in [1.807, 2.05) is 19.9 Å². The Morgan fingerprint density at radius 2 is 2.28 bits per heavy atom. The van der Waals surface area contributed by atoms with Gasteiger partial charge >= 0.3 is 0 Å². The first-order valence-corrected chi connectivity index (χ1v) is 5.88. The zero-order chi connectivity index (χ0) is 13.4. The van der Waals surface area contributed by atoms with Gasteiger partial charge in [0.1, 0.15) is 0 Å². The van der Waals surface area contributed by atoms with E-state index in [4.69, 9.17) is 10.6 Å². The molecule has 1 rings (SSSR count). The number of aliphatic imine (C=N–C) groups is 1. The summed E-state index contributed by atoms with van der Waals surface area (Å²) in [7, 11) is 1.67. The first kappa shape index (κ1) is 14.4. The third kappa shape index (κ3) is 4.31. The smallest absolute Gasteiger partial charge is 0.210 e. The van der Waals surface area contributed by atoms with Crippen molar-refractivity contribution in [2.75, 3.05) is 25.6 Å². The van der Waals surface area contributed by atoms with Crippen LogP contribution in [0.15, 0.2) is 17.3 Å². The average Bonchev–Trinajstić information content (AvgIpc) is 2.36. The summed E-state index contributed by atoms with van der Waals surface area (Å²) in [5.41, 5.74) is 5.49. The molecule has 4 N–H and O–H groups in total. The van der Waals surface area contributed by atoms with Gasteiger partial charge in [-0.25, -0.2) is 5.84 Å². The van der Waals surface area contributed by atoms with E-state index in [9.17, 15) is 0 Å². The Labute approximate surface area is 108 Å². The maximum absolute atomic E-state index is 5.44. The van der Waals surface area contributed by atoms with Crippen LogP contribution in [0.1, 0.15) is 17.7 Å². The molecule has 0 saturated carbocycles. The van der Waals surface area contributed by atoms with Crippen LogP contribution in [0.25, 0.3) is 0 Å². The number of aromatic nitrogens is 1. The number of anilines is 1. The van der Waals surface area contributed by atoms with E-state index in [1.165, 1.54) is 0 Å². The summed E-state index contributed by atoms with van der Waals surface area (Å²) in [4.78, 5) is 8.55. The molecule has 0 aliphatic rings. The number of guanidine groups is 1. The summed E-state index contributed by atoms with van der Waals surface area (Å²) in [6.07, 6.45) is 2.63. The van der Waals surface area contributed by atoms with Crippen molar-refractivity contribution in [3.63, 3.8) is 0 Å². The number of ether oxygens (including phenoxy) is 1. The van der Waals surface area contributed by atoms with Gasteiger partial charge in [-0.1, -0.05) is 0 Å². The molecule has 0 spiro atoms. The number of nitrogens with zero attached hydrogens (tertiary/aromatic N) is 2. The maximum atomic E-state index is 5.44. The van der Waals surface area contributed by atoms with E-state index in [1.54, 1.807) is 13.3 Å². The molecular weight excluding hydrogens is 230 g/mol. The topological polar surface area (TPSA) is 84.6 Å². The molecule has 0 amide bonds. The SMILES string of the molecule is COCCCN=C(NN)Nc1c(C)ccnc1C. The van der Waals surface area contributed by atoms with Crippen molar-refractivity contribution in [3.05, 3.63) is 23.5 Å². The predicted octanol–water partition coefficient (Wildman–Crippen LogP) is 0.966. The van der Waals surface area contributed by atoms with Crippen LogP contribution in [0.5, 0.6) is 0 Å². The first-order chi connectivity index (χ1) is 8.69. The number of aryl methyl sites for hydroxylation is 2. The van der Waals surface area contributed by atoms with E-state index >= 15 is 0 Å². The number of hydrogen-bond donors (Lipinski definition) is 3. The summed E-state index contributed by atoms with van der Waals surface area (Å²) in [5.74, 6) is 5.97. The van der Waals surface area contributed by atoms with Gasteiger partial charge in [0, 0.05) is 26.5 Å². The predicted molar refractivity (Wildman–Crippen MR) is 73.5 cm³/mol. The molecule has 0 fully saturated rings. The van der Waals surface area contributed by atoms with Crippen molar-refractivity contribution < 1.29 is 4.74 Å². The standard InChI is InChI=1S/C12H21N5O/c1-9-5-7-14-10(2)11(9)16-12(17-13)15-6-4-8-18-3/h5,7H,4,6,8,13H2,1-3H3,(H2,15,16,17). The number of pyridine rings is 1. The van der Waals surface area contributed by atoms with E-state index in [0.717, 1.165) is 23.4 Å². The third-order valence-electron chi connectivity index (χ3n) is 2.51. The highest BCUT2D eigenvalue weighted by Crippen LogP contribution is 2.16. The largest absolute Gasteiger partial charge is 0.385 e. The fourth-order valence-corrected chi connectivity index (χ4v) is 1.52. The molecule has 0 aliphatic heterocycles. The Morgan fingerprint density at radius 3 is 2.89 bits per heavy atom. The lowest BCUT2D eigenvalue weighted by Crippen LogP contribution is -2.37. The van der Waals surface area contributed by atoms with E-state index in [2.05, 4.69) is 20.7 Å². The minimum absolute atomic E-state index is 0.533. The summed E-state index contributed by atoms with van der Waals surface area (Å²) in [6.45, 7) is 5.29. The van der Waals surface area contributed by atoms with Crippen LogP contribution in [0.2, 0.25) is 0 Å². The van der Waals surface area contributed by atoms with Crippen molar-refractivity contribution in [2.24, 2.45) is 10.8 Å². The van der Waals surface area contributed by atoms with E-state index in [0.29, 0.717) is 19.1 Å². The fraction of sp³-hybridized carbons (Fsp3) is 0.500. The molecule has 1 heterocycles. The summed E-state index contributed by atoms with van der Waals surface area (Å²) < 4.78 is 4.96. The molecular formula is C12H21N5O. The van der Waals surface area contributed by atoms with Crippen LogP contribution in [-0.2, 0) is 4.74 Å². The van der Waals surface area contributed by atoms with Crippen molar-refractivity contribution >= 4 is 11.6 Å². The van der Waals surface area contributed by atoms with E-state index in [-0.39, 0.29) is 0 Å². The number of hydrazine groups is 1. The molecule has 6 heteroatoms. The highest BCUT2D eigenvalue weighted by molar-refractivity contribution is 5.94. The monoisotopic (exact) mass is 251 g/mol. The van der Waals surface area contributed by atoms with Crippen molar-refractivity contribution in [3.8, 4) is 0 Å². The minimum Gasteiger partial charge on any atom is -0.385 e. The number of nitrogens with one attached hydrogen (secondary N) is 2. The van der Waals surface area contributed by atoms with Gasteiger partial charge in [-0.3, -0.25) is 15.4 Å². The molecule has 0 unspecified atom stereocenters. The molecule has 0 aromatic carbocycles. The number of methoxy groups -OCH3 is 1. The van der Waals surface area contributed by atoms with Gasteiger partial charge in [0.25, 0.3) is 0 Å². The lowest BCUT2D eigenvalue weighted by Gasteiger charge is -2.13. The minimum atomic E-state index is 0.533. The Bertz CT molecular complexity index is 385. The zero-order valence-corrected chi connectivity index (χ0v) is 11.2. The number of nitrogens with two attached hydrogens (primary N) is 1. The molecule has 0 saturated heterocycles. The van der Waals surface area contributed by atoms with Gasteiger partial charge in [0.05, 0.1) is 11.4 Å². The van der Waals surface area contributed by atoms with Gasteiger partial charge < -0.3 is 10.1 Å².